The number of carbonyl (C=O) groups excluding carboxylic acids is 1. The van der Waals surface area contributed by atoms with Gasteiger partial charge in [0, 0.05) is 6.20 Å². The predicted molar refractivity (Wildman–Crippen MR) is 81.5 cm³/mol. The van der Waals surface area contributed by atoms with Gasteiger partial charge in [0.2, 0.25) is 0 Å². The minimum absolute atomic E-state index is 0.134. The first-order chi connectivity index (χ1) is 9.65. The molecule has 1 amide bonds. The maximum absolute atomic E-state index is 12.2. The highest BCUT2D eigenvalue weighted by atomic mass is 16.6. The highest BCUT2D eigenvalue weighted by Gasteiger charge is 2.21. The standard InChI is InChI=1S/C17H17NO2/c1-12(2)20-17(19)18-9-4-3-6-15-10-13-7-5-8-14(13)11-16(15)18/h3-6,8-12H,7H2,1-2H3. The van der Waals surface area contributed by atoms with Gasteiger partial charge >= 0.3 is 6.09 Å². The van der Waals surface area contributed by atoms with E-state index in [2.05, 4.69) is 24.3 Å². The van der Waals surface area contributed by atoms with E-state index in [1.165, 1.54) is 11.1 Å². The Labute approximate surface area is 118 Å². The van der Waals surface area contributed by atoms with Crippen molar-refractivity contribution in [3.05, 3.63) is 53.3 Å². The Bertz CT molecular complexity index is 639. The molecule has 1 aromatic rings. The highest BCUT2D eigenvalue weighted by Crippen LogP contribution is 2.32. The molecular weight excluding hydrogens is 250 g/mol. The Morgan fingerprint density at radius 2 is 2.05 bits per heavy atom. The molecule has 0 aromatic heterocycles. The van der Waals surface area contributed by atoms with Gasteiger partial charge in [-0.05, 0) is 55.2 Å². The average molecular weight is 267 g/mol. The number of anilines is 1. The minimum atomic E-state index is -0.344. The molecule has 1 aliphatic heterocycles. The van der Waals surface area contributed by atoms with Crippen LogP contribution in [0.15, 0.2) is 36.6 Å². The fraction of sp³-hybridized carbons (Fsp3) is 0.235. The molecule has 0 atom stereocenters. The lowest BCUT2D eigenvalue weighted by Gasteiger charge is -2.21. The molecule has 3 nitrogen and oxygen atoms in total. The predicted octanol–water partition coefficient (Wildman–Crippen LogP) is 4.15. The number of ether oxygens (including phenoxy) is 1. The van der Waals surface area contributed by atoms with E-state index >= 15 is 0 Å². The van der Waals surface area contributed by atoms with E-state index in [0.29, 0.717) is 0 Å². The average Bonchev–Trinajstić information content (AvgIpc) is 2.74. The van der Waals surface area contributed by atoms with Crippen molar-refractivity contribution >= 4 is 23.9 Å². The van der Waals surface area contributed by atoms with Crippen LogP contribution < -0.4 is 4.90 Å². The molecule has 3 heteroatoms. The van der Waals surface area contributed by atoms with Gasteiger partial charge in [-0.1, -0.05) is 24.3 Å². The van der Waals surface area contributed by atoms with E-state index in [9.17, 15) is 4.79 Å². The number of rotatable bonds is 1. The first-order valence-electron chi connectivity index (χ1n) is 6.83. The van der Waals surface area contributed by atoms with Gasteiger partial charge in [0.25, 0.3) is 0 Å². The Kier molecular flexibility index (Phi) is 3.18. The largest absolute Gasteiger partial charge is 0.446 e. The van der Waals surface area contributed by atoms with Crippen LogP contribution in [-0.2, 0) is 11.2 Å². The molecule has 0 radical (unpaired) electrons. The summed E-state index contributed by atoms with van der Waals surface area (Å²) in [6.45, 7) is 3.70. The highest BCUT2D eigenvalue weighted by molar-refractivity contribution is 5.94. The van der Waals surface area contributed by atoms with Gasteiger partial charge in [0.15, 0.2) is 0 Å². The van der Waals surface area contributed by atoms with Crippen molar-refractivity contribution in [3.8, 4) is 0 Å². The smallest absolute Gasteiger partial charge is 0.418 e. The van der Waals surface area contributed by atoms with Crippen LogP contribution in [-0.4, -0.2) is 12.2 Å². The van der Waals surface area contributed by atoms with Crippen LogP contribution in [0.1, 0.15) is 30.5 Å². The van der Waals surface area contributed by atoms with Gasteiger partial charge in [-0.2, -0.15) is 0 Å². The third-order valence-electron chi connectivity index (χ3n) is 3.34. The zero-order valence-corrected chi connectivity index (χ0v) is 11.7. The zero-order chi connectivity index (χ0) is 14.1. The van der Waals surface area contributed by atoms with Crippen LogP contribution in [0, 0.1) is 0 Å². The number of benzene rings is 1. The lowest BCUT2D eigenvalue weighted by atomic mass is 10.0. The van der Waals surface area contributed by atoms with Crippen LogP contribution in [0.5, 0.6) is 0 Å². The maximum Gasteiger partial charge on any atom is 0.418 e. The van der Waals surface area contributed by atoms with Gasteiger partial charge in [-0.15, -0.1) is 0 Å². The monoisotopic (exact) mass is 267 g/mol. The van der Waals surface area contributed by atoms with Crippen LogP contribution in [0.25, 0.3) is 12.2 Å². The van der Waals surface area contributed by atoms with Crippen LogP contribution in [0.3, 0.4) is 0 Å². The summed E-state index contributed by atoms with van der Waals surface area (Å²) in [5, 5.41) is 0. The first-order valence-corrected chi connectivity index (χ1v) is 6.83. The Hall–Kier alpha value is -2.29. The van der Waals surface area contributed by atoms with Gasteiger partial charge in [0.1, 0.15) is 0 Å². The molecule has 20 heavy (non-hydrogen) atoms. The summed E-state index contributed by atoms with van der Waals surface area (Å²) in [6.07, 6.45) is 12.3. The van der Waals surface area contributed by atoms with E-state index < -0.39 is 0 Å². The molecular formula is C17H17NO2. The van der Waals surface area contributed by atoms with Crippen LogP contribution >= 0.6 is 0 Å². The van der Waals surface area contributed by atoms with E-state index in [0.717, 1.165) is 17.7 Å². The normalized spacial score (nSPS) is 15.2. The fourth-order valence-corrected chi connectivity index (χ4v) is 2.45. The fourth-order valence-electron chi connectivity index (χ4n) is 2.45. The molecule has 0 saturated heterocycles. The van der Waals surface area contributed by atoms with Gasteiger partial charge in [-0.3, -0.25) is 4.90 Å². The molecule has 1 aliphatic carbocycles. The van der Waals surface area contributed by atoms with Crippen molar-refractivity contribution in [1.82, 2.24) is 0 Å². The van der Waals surface area contributed by atoms with Gasteiger partial charge in [0.05, 0.1) is 11.8 Å². The van der Waals surface area contributed by atoms with Crippen molar-refractivity contribution in [2.45, 2.75) is 26.4 Å². The SMILES string of the molecule is CC(C)OC(=O)N1C=CC=Cc2cc3c(cc21)C=CC3. The summed E-state index contributed by atoms with van der Waals surface area (Å²) < 4.78 is 5.31. The summed E-state index contributed by atoms with van der Waals surface area (Å²) in [5.41, 5.74) is 4.38. The second-order valence-corrected chi connectivity index (χ2v) is 5.22. The molecule has 0 bridgehead atoms. The van der Waals surface area contributed by atoms with Crippen molar-refractivity contribution in [2.24, 2.45) is 0 Å². The van der Waals surface area contributed by atoms with Crippen molar-refractivity contribution < 1.29 is 9.53 Å². The third-order valence-corrected chi connectivity index (χ3v) is 3.34. The van der Waals surface area contributed by atoms with E-state index in [1.807, 2.05) is 32.1 Å². The summed E-state index contributed by atoms with van der Waals surface area (Å²) in [7, 11) is 0. The number of allylic oxidation sites excluding steroid dienone is 3. The lowest BCUT2D eigenvalue weighted by Crippen LogP contribution is -2.28. The Morgan fingerprint density at radius 1 is 1.20 bits per heavy atom. The van der Waals surface area contributed by atoms with Gasteiger partial charge in [-0.25, -0.2) is 4.79 Å². The molecule has 1 heterocycles. The summed E-state index contributed by atoms with van der Waals surface area (Å²) in [5.74, 6) is 0. The minimum Gasteiger partial charge on any atom is -0.446 e. The maximum atomic E-state index is 12.2. The topological polar surface area (TPSA) is 29.5 Å². The molecule has 2 aliphatic rings. The molecule has 1 aromatic carbocycles. The quantitative estimate of drug-likeness (QED) is 0.765. The molecule has 0 spiro atoms. The van der Waals surface area contributed by atoms with Crippen LogP contribution in [0.2, 0.25) is 0 Å². The van der Waals surface area contributed by atoms with Crippen molar-refractivity contribution in [3.63, 3.8) is 0 Å². The number of nitrogens with zero attached hydrogens (tertiary/aromatic N) is 1. The first kappa shape index (κ1) is 12.7. The zero-order valence-electron chi connectivity index (χ0n) is 11.7. The molecule has 3 rings (SSSR count). The summed E-state index contributed by atoms with van der Waals surface area (Å²) in [4.78, 5) is 13.8. The Morgan fingerprint density at radius 3 is 2.85 bits per heavy atom. The number of amides is 1. The molecule has 0 unspecified atom stereocenters. The number of hydrogen-bond donors (Lipinski definition) is 0. The van der Waals surface area contributed by atoms with Crippen molar-refractivity contribution in [1.29, 1.82) is 0 Å². The molecule has 0 N–H and O–H groups in total. The van der Waals surface area contributed by atoms with Crippen molar-refractivity contribution in [2.75, 3.05) is 4.90 Å². The third kappa shape index (κ3) is 2.27. The van der Waals surface area contributed by atoms with E-state index in [4.69, 9.17) is 4.74 Å². The lowest BCUT2D eigenvalue weighted by molar-refractivity contribution is 0.125. The molecule has 0 saturated carbocycles. The Balaban J connectivity index is 2.03. The molecule has 102 valence electrons. The second-order valence-electron chi connectivity index (χ2n) is 5.22. The van der Waals surface area contributed by atoms with E-state index in [-0.39, 0.29) is 12.2 Å². The molecule has 0 fully saturated rings. The number of hydrogen-bond acceptors (Lipinski definition) is 2. The van der Waals surface area contributed by atoms with Gasteiger partial charge < -0.3 is 4.74 Å². The van der Waals surface area contributed by atoms with E-state index in [1.54, 1.807) is 11.1 Å². The number of fused-ring (bicyclic) bond motifs is 2. The summed E-state index contributed by atoms with van der Waals surface area (Å²) >= 11 is 0. The van der Waals surface area contributed by atoms with Crippen LogP contribution in [0.4, 0.5) is 10.5 Å². The number of carbonyl (C=O) groups is 1. The second kappa shape index (κ2) is 5.00. The summed E-state index contributed by atoms with van der Waals surface area (Å²) in [6, 6.07) is 4.19.